The molecule has 0 bridgehead atoms. The topological polar surface area (TPSA) is 151 Å². The van der Waals surface area contributed by atoms with E-state index in [-0.39, 0.29) is 42.7 Å². The molecule has 0 radical (unpaired) electrons. The van der Waals surface area contributed by atoms with Gasteiger partial charge in [0.2, 0.25) is 0 Å². The van der Waals surface area contributed by atoms with Crippen molar-refractivity contribution in [3.8, 4) is 34.4 Å². The molecule has 238 valence electrons. The summed E-state index contributed by atoms with van der Waals surface area (Å²) in [4.78, 5) is 27.3. The molecule has 1 aromatic heterocycles. The van der Waals surface area contributed by atoms with E-state index in [2.05, 4.69) is 10.3 Å². The monoisotopic (exact) mass is 663 g/mol. The second kappa shape index (κ2) is 16.6. The molecule has 1 atom stereocenters. The summed E-state index contributed by atoms with van der Waals surface area (Å²) in [7, 11) is 0. The number of benzene rings is 3. The number of halogens is 2. The van der Waals surface area contributed by atoms with Crippen LogP contribution in [0.3, 0.4) is 0 Å². The van der Waals surface area contributed by atoms with Gasteiger partial charge in [-0.2, -0.15) is 5.26 Å². The third-order valence-corrected chi connectivity index (χ3v) is 7.63. The number of rotatable bonds is 15. The zero-order chi connectivity index (χ0) is 33.1. The van der Waals surface area contributed by atoms with Crippen LogP contribution < -0.4 is 19.5 Å². The van der Waals surface area contributed by atoms with Gasteiger partial charge in [-0.3, -0.25) is 14.6 Å². The van der Waals surface area contributed by atoms with Gasteiger partial charge in [0, 0.05) is 36.1 Å². The summed E-state index contributed by atoms with van der Waals surface area (Å²) in [5.74, 6) is 0.432. The fraction of sp³-hybridized carbons (Fsp3) is 0.235. The van der Waals surface area contributed by atoms with Crippen molar-refractivity contribution in [3.05, 3.63) is 105 Å². The van der Waals surface area contributed by atoms with E-state index in [9.17, 15) is 14.7 Å². The second-order valence-electron chi connectivity index (χ2n) is 10.1. The molecule has 0 saturated heterocycles. The molecule has 0 fully saturated rings. The number of aliphatic hydroxyl groups is 2. The first-order valence-corrected chi connectivity index (χ1v) is 15.0. The van der Waals surface area contributed by atoms with Crippen molar-refractivity contribution in [3.63, 3.8) is 0 Å². The highest BCUT2D eigenvalue weighted by atomic mass is 35.5. The Hall–Kier alpha value is -4.66. The van der Waals surface area contributed by atoms with Gasteiger partial charge in [-0.15, -0.1) is 0 Å². The molecule has 3 N–H and O–H groups in total. The lowest BCUT2D eigenvalue weighted by atomic mass is 9.96. The maximum absolute atomic E-state index is 11.7. The molecule has 0 spiro atoms. The molecule has 0 aliphatic heterocycles. The first-order valence-electron chi connectivity index (χ1n) is 14.2. The molecule has 4 aromatic rings. The minimum absolute atomic E-state index is 0.0838. The van der Waals surface area contributed by atoms with Crippen molar-refractivity contribution in [2.24, 2.45) is 0 Å². The summed E-state index contributed by atoms with van der Waals surface area (Å²) in [6.45, 7) is 2.09. The highest BCUT2D eigenvalue weighted by molar-refractivity contribution is 6.35. The molecule has 0 aliphatic rings. The Morgan fingerprint density at radius 2 is 1.78 bits per heavy atom. The first kappa shape index (κ1) is 34.2. The summed E-state index contributed by atoms with van der Waals surface area (Å²) in [6.07, 6.45) is 2.68. The molecule has 3 aromatic carbocycles. The van der Waals surface area contributed by atoms with Gasteiger partial charge in [0.1, 0.15) is 36.5 Å². The van der Waals surface area contributed by atoms with Gasteiger partial charge >= 0.3 is 0 Å². The van der Waals surface area contributed by atoms with Gasteiger partial charge in [0.05, 0.1) is 34.4 Å². The molecular formula is C34H31Cl2N3O7. The number of carbonyl (C=O) groups excluding carboxylic acids is 2. The minimum atomic E-state index is -1.45. The summed E-state index contributed by atoms with van der Waals surface area (Å²) >= 11 is 13.2. The third-order valence-electron chi connectivity index (χ3n) is 6.95. The number of aliphatic hydroxyl groups excluding tert-OH is 2. The first-order chi connectivity index (χ1) is 22.2. The van der Waals surface area contributed by atoms with Crippen LogP contribution in [0.4, 0.5) is 0 Å². The number of ether oxygens (including phenoxy) is 3. The molecular weight excluding hydrogens is 633 g/mol. The Morgan fingerprint density at radius 1 is 1.02 bits per heavy atom. The number of nitriles is 1. The van der Waals surface area contributed by atoms with Gasteiger partial charge in [0.15, 0.2) is 12.4 Å². The van der Waals surface area contributed by atoms with Crippen molar-refractivity contribution < 1.29 is 34.0 Å². The zero-order valence-electron chi connectivity index (χ0n) is 24.8. The summed E-state index contributed by atoms with van der Waals surface area (Å²) in [5.41, 5.74) is 4.75. The van der Waals surface area contributed by atoms with E-state index in [1.54, 1.807) is 24.4 Å². The van der Waals surface area contributed by atoms with Crippen LogP contribution in [0, 0.1) is 18.3 Å². The van der Waals surface area contributed by atoms with Crippen LogP contribution in [0.25, 0.3) is 11.1 Å². The van der Waals surface area contributed by atoms with Gasteiger partial charge in [0.25, 0.3) is 5.91 Å². The SMILES string of the molecule is Cc1c(COc2cc(OCc3cncc(C#N)c3)c(C=O)cc2Cl)cccc1-c1cccc(OCCCNC(=O)C(O)CO)c1Cl. The fourth-order valence-electron chi connectivity index (χ4n) is 4.45. The van der Waals surface area contributed by atoms with Crippen LogP contribution in [-0.2, 0) is 18.0 Å². The third kappa shape index (κ3) is 8.74. The van der Waals surface area contributed by atoms with Crippen LogP contribution >= 0.6 is 23.2 Å². The molecule has 1 amide bonds. The van der Waals surface area contributed by atoms with Crippen molar-refractivity contribution in [2.45, 2.75) is 32.7 Å². The second-order valence-corrected chi connectivity index (χ2v) is 10.9. The maximum Gasteiger partial charge on any atom is 0.251 e. The highest BCUT2D eigenvalue weighted by Crippen LogP contribution is 2.38. The lowest BCUT2D eigenvalue weighted by Gasteiger charge is -2.17. The molecule has 0 saturated carbocycles. The van der Waals surface area contributed by atoms with E-state index >= 15 is 0 Å². The number of aromatic nitrogens is 1. The van der Waals surface area contributed by atoms with Gasteiger partial charge in [-0.25, -0.2) is 0 Å². The number of hydrogen-bond acceptors (Lipinski definition) is 9. The summed E-state index contributed by atoms with van der Waals surface area (Å²) < 4.78 is 17.8. The van der Waals surface area contributed by atoms with Gasteiger partial charge in [-0.1, -0.05) is 53.5 Å². The zero-order valence-corrected chi connectivity index (χ0v) is 26.3. The highest BCUT2D eigenvalue weighted by Gasteiger charge is 2.16. The van der Waals surface area contributed by atoms with E-state index in [0.717, 1.165) is 22.3 Å². The largest absolute Gasteiger partial charge is 0.492 e. The normalized spacial score (nSPS) is 11.3. The molecule has 1 heterocycles. The Morgan fingerprint density at radius 3 is 2.54 bits per heavy atom. The standard InChI is InChI=1S/C34H31Cl2N3O7/c1-21-24(20-46-32-13-31(25(17-40)12-28(32)35)45-19-23-11-22(14-37)15-38-16-23)5-2-6-26(21)27-7-3-8-30(33(27)36)44-10-4-9-39-34(43)29(42)18-41/h2-3,5-8,11-13,15-17,29,41-42H,4,9-10,18-20H2,1H3,(H,39,43). The number of nitrogens with zero attached hydrogens (tertiary/aromatic N) is 2. The van der Waals surface area contributed by atoms with Crippen molar-refractivity contribution in [1.29, 1.82) is 5.26 Å². The summed E-state index contributed by atoms with van der Waals surface area (Å²) in [6, 6.07) is 18.0. The summed E-state index contributed by atoms with van der Waals surface area (Å²) in [5, 5.41) is 30.5. The van der Waals surface area contributed by atoms with Crippen LogP contribution in [0.1, 0.15) is 39.0 Å². The van der Waals surface area contributed by atoms with Crippen LogP contribution in [0.5, 0.6) is 17.2 Å². The Balaban J connectivity index is 1.44. The predicted octanol–water partition coefficient (Wildman–Crippen LogP) is 5.44. The molecule has 12 heteroatoms. The molecule has 4 rings (SSSR count). The fourth-order valence-corrected chi connectivity index (χ4v) is 4.96. The molecule has 46 heavy (non-hydrogen) atoms. The van der Waals surface area contributed by atoms with E-state index in [1.165, 1.54) is 12.3 Å². The number of carbonyl (C=O) groups is 2. The Bertz CT molecular complexity index is 1740. The molecule has 0 aliphatic carbocycles. The Labute approximate surface area is 276 Å². The van der Waals surface area contributed by atoms with Gasteiger partial charge < -0.3 is 29.7 Å². The van der Waals surface area contributed by atoms with Crippen molar-refractivity contribution in [2.75, 3.05) is 19.8 Å². The quantitative estimate of drug-likeness (QED) is 0.111. The van der Waals surface area contributed by atoms with E-state index in [4.69, 9.17) is 47.8 Å². The average molecular weight is 665 g/mol. The van der Waals surface area contributed by atoms with Crippen molar-refractivity contribution >= 4 is 35.4 Å². The predicted molar refractivity (Wildman–Crippen MR) is 172 cm³/mol. The van der Waals surface area contributed by atoms with E-state index < -0.39 is 18.6 Å². The lowest BCUT2D eigenvalue weighted by Crippen LogP contribution is -2.37. The molecule has 10 nitrogen and oxygen atoms in total. The smallest absolute Gasteiger partial charge is 0.251 e. The van der Waals surface area contributed by atoms with Crippen molar-refractivity contribution in [1.82, 2.24) is 10.3 Å². The molecule has 1 unspecified atom stereocenters. The van der Waals surface area contributed by atoms with Crippen LogP contribution in [-0.4, -0.2) is 53.3 Å². The average Bonchev–Trinajstić information content (AvgIpc) is 3.07. The number of aldehydes is 1. The minimum Gasteiger partial charge on any atom is -0.492 e. The van der Waals surface area contributed by atoms with Gasteiger partial charge in [-0.05, 0) is 48.2 Å². The number of nitrogens with one attached hydrogen (secondary N) is 1. The van der Waals surface area contributed by atoms with E-state index in [1.807, 2.05) is 43.3 Å². The number of hydrogen-bond donors (Lipinski definition) is 3. The number of amides is 1. The van der Waals surface area contributed by atoms with Crippen LogP contribution in [0.2, 0.25) is 10.0 Å². The maximum atomic E-state index is 11.7. The lowest BCUT2D eigenvalue weighted by molar-refractivity contribution is -0.131. The number of pyridine rings is 1. The van der Waals surface area contributed by atoms with Crippen LogP contribution in [0.15, 0.2) is 67.0 Å². The Kier molecular flexibility index (Phi) is 12.3. The van der Waals surface area contributed by atoms with E-state index in [0.29, 0.717) is 40.4 Å².